The second kappa shape index (κ2) is 8.69. The third-order valence-corrected chi connectivity index (χ3v) is 5.14. The summed E-state index contributed by atoms with van der Waals surface area (Å²) in [5.41, 5.74) is 0.749. The minimum Gasteiger partial charge on any atom is -0.334 e. The van der Waals surface area contributed by atoms with Gasteiger partial charge in [0.05, 0.1) is 6.54 Å². The third kappa shape index (κ3) is 5.08. The number of benzene rings is 1. The van der Waals surface area contributed by atoms with Gasteiger partial charge in [0.1, 0.15) is 5.82 Å². The maximum Gasteiger partial charge on any atom is 0.238 e. The molecule has 0 bridgehead atoms. The molecule has 1 aromatic heterocycles. The fourth-order valence-corrected chi connectivity index (χ4v) is 3.74. The second-order valence-corrected chi connectivity index (χ2v) is 7.81. The van der Waals surface area contributed by atoms with Crippen LogP contribution in [-0.4, -0.2) is 40.0 Å². The molecule has 0 atom stereocenters. The number of imidazole rings is 1. The molecule has 1 fully saturated rings. The highest BCUT2D eigenvalue weighted by atomic mass is 35.5. The van der Waals surface area contributed by atoms with Gasteiger partial charge in [0.15, 0.2) is 0 Å². The van der Waals surface area contributed by atoms with Crippen molar-refractivity contribution in [3.05, 3.63) is 47.5 Å². The zero-order chi connectivity index (χ0) is 18.5. The number of nitrogens with zero attached hydrogens (tertiary/aromatic N) is 3. The number of likely N-dealkylation sites (tertiary alicyclic amines) is 1. The molecule has 26 heavy (non-hydrogen) atoms. The molecule has 6 heteroatoms. The number of halogens is 1. The van der Waals surface area contributed by atoms with Gasteiger partial charge in [-0.05, 0) is 50.0 Å². The zero-order valence-electron chi connectivity index (χ0n) is 15.5. The van der Waals surface area contributed by atoms with Crippen molar-refractivity contribution in [3.63, 3.8) is 0 Å². The zero-order valence-corrected chi connectivity index (χ0v) is 16.2. The van der Waals surface area contributed by atoms with Gasteiger partial charge >= 0.3 is 0 Å². The first kappa shape index (κ1) is 18.9. The lowest BCUT2D eigenvalue weighted by molar-refractivity contribution is -0.117. The Balaban J connectivity index is 1.45. The van der Waals surface area contributed by atoms with Crippen LogP contribution in [0.15, 0.2) is 36.7 Å². The van der Waals surface area contributed by atoms with Crippen LogP contribution in [0.1, 0.15) is 38.4 Å². The Morgan fingerprint density at radius 3 is 2.81 bits per heavy atom. The standard InChI is InChI=1S/C20H27ClN4O/c1-15(2)20-22-8-11-25(20)13-16-6-9-24(10-7-16)14-19(26)23-18-5-3-4-17(21)12-18/h3-5,8,11-12,15-16H,6-7,9-10,13-14H2,1-2H3,(H,23,26). The molecule has 0 saturated carbocycles. The van der Waals surface area contributed by atoms with Crippen LogP contribution in [0.5, 0.6) is 0 Å². The van der Waals surface area contributed by atoms with E-state index in [-0.39, 0.29) is 5.91 Å². The van der Waals surface area contributed by atoms with E-state index >= 15 is 0 Å². The van der Waals surface area contributed by atoms with E-state index in [2.05, 4.69) is 39.8 Å². The van der Waals surface area contributed by atoms with Gasteiger partial charge in [-0.25, -0.2) is 4.98 Å². The first-order chi connectivity index (χ1) is 12.5. The average Bonchev–Trinajstić information content (AvgIpc) is 3.05. The summed E-state index contributed by atoms with van der Waals surface area (Å²) in [5.74, 6) is 2.27. The van der Waals surface area contributed by atoms with Crippen LogP contribution in [0.4, 0.5) is 5.69 Å². The molecular weight excluding hydrogens is 348 g/mol. The van der Waals surface area contributed by atoms with Gasteiger partial charge < -0.3 is 9.88 Å². The minimum absolute atomic E-state index is 0.0161. The Morgan fingerprint density at radius 2 is 2.12 bits per heavy atom. The molecule has 1 aromatic carbocycles. The van der Waals surface area contributed by atoms with Crippen molar-refractivity contribution in [2.24, 2.45) is 5.92 Å². The van der Waals surface area contributed by atoms with Crippen molar-refractivity contribution in [2.75, 3.05) is 25.0 Å². The van der Waals surface area contributed by atoms with Gasteiger partial charge in [0.25, 0.3) is 0 Å². The van der Waals surface area contributed by atoms with E-state index in [1.54, 1.807) is 12.1 Å². The van der Waals surface area contributed by atoms with Crippen LogP contribution in [0, 0.1) is 5.92 Å². The summed E-state index contributed by atoms with van der Waals surface area (Å²) < 4.78 is 2.29. The van der Waals surface area contributed by atoms with E-state index in [0.717, 1.165) is 44.0 Å². The molecule has 0 spiro atoms. The third-order valence-electron chi connectivity index (χ3n) is 4.90. The van der Waals surface area contributed by atoms with Crippen molar-refractivity contribution in [3.8, 4) is 0 Å². The molecule has 2 aromatic rings. The van der Waals surface area contributed by atoms with Crippen molar-refractivity contribution in [2.45, 2.75) is 39.2 Å². The number of nitrogens with one attached hydrogen (secondary N) is 1. The number of rotatable bonds is 6. The number of amides is 1. The topological polar surface area (TPSA) is 50.2 Å². The van der Waals surface area contributed by atoms with E-state index in [1.165, 1.54) is 0 Å². The second-order valence-electron chi connectivity index (χ2n) is 7.37. The molecule has 1 saturated heterocycles. The number of hydrogen-bond acceptors (Lipinski definition) is 3. The lowest BCUT2D eigenvalue weighted by Crippen LogP contribution is -2.40. The Morgan fingerprint density at radius 1 is 1.35 bits per heavy atom. The fraction of sp³-hybridized carbons (Fsp3) is 0.500. The Kier molecular flexibility index (Phi) is 6.33. The van der Waals surface area contributed by atoms with Gasteiger partial charge in [-0.3, -0.25) is 9.69 Å². The molecular formula is C20H27ClN4O. The molecule has 0 radical (unpaired) electrons. The van der Waals surface area contributed by atoms with Crippen molar-refractivity contribution < 1.29 is 4.79 Å². The van der Waals surface area contributed by atoms with Crippen LogP contribution in [0.3, 0.4) is 0 Å². The molecule has 1 N–H and O–H groups in total. The monoisotopic (exact) mass is 374 g/mol. The molecule has 3 rings (SSSR count). The number of carbonyl (C=O) groups excluding carboxylic acids is 1. The van der Waals surface area contributed by atoms with Crippen molar-refractivity contribution in [1.29, 1.82) is 0 Å². The summed E-state index contributed by atoms with van der Waals surface area (Å²) in [5, 5.41) is 3.55. The molecule has 1 amide bonds. The largest absolute Gasteiger partial charge is 0.334 e. The first-order valence-electron chi connectivity index (χ1n) is 9.30. The fourth-order valence-electron chi connectivity index (χ4n) is 3.55. The predicted octanol–water partition coefficient (Wildman–Crippen LogP) is 4.01. The van der Waals surface area contributed by atoms with Crippen LogP contribution in [0.25, 0.3) is 0 Å². The number of aromatic nitrogens is 2. The van der Waals surface area contributed by atoms with E-state index in [0.29, 0.717) is 23.4 Å². The van der Waals surface area contributed by atoms with E-state index < -0.39 is 0 Å². The molecule has 0 unspecified atom stereocenters. The highest BCUT2D eigenvalue weighted by Crippen LogP contribution is 2.22. The molecule has 5 nitrogen and oxygen atoms in total. The highest BCUT2D eigenvalue weighted by molar-refractivity contribution is 6.30. The van der Waals surface area contributed by atoms with Crippen LogP contribution < -0.4 is 5.32 Å². The van der Waals surface area contributed by atoms with Gasteiger partial charge in [-0.1, -0.05) is 31.5 Å². The summed E-state index contributed by atoms with van der Waals surface area (Å²) >= 11 is 5.96. The maximum absolute atomic E-state index is 12.2. The Labute approximate surface area is 160 Å². The van der Waals surface area contributed by atoms with Crippen molar-refractivity contribution >= 4 is 23.2 Å². The molecule has 140 valence electrons. The summed E-state index contributed by atoms with van der Waals surface area (Å²) in [6, 6.07) is 7.26. The number of anilines is 1. The van der Waals surface area contributed by atoms with Gasteiger partial charge in [-0.15, -0.1) is 0 Å². The molecule has 1 aliphatic rings. The number of hydrogen-bond donors (Lipinski definition) is 1. The molecule has 2 heterocycles. The number of piperidine rings is 1. The van der Waals surface area contributed by atoms with E-state index in [1.807, 2.05) is 18.3 Å². The van der Waals surface area contributed by atoms with E-state index in [4.69, 9.17) is 11.6 Å². The minimum atomic E-state index is 0.0161. The Bertz CT molecular complexity index is 735. The highest BCUT2D eigenvalue weighted by Gasteiger charge is 2.22. The Hall–Kier alpha value is -1.85. The normalized spacial score (nSPS) is 16.2. The maximum atomic E-state index is 12.2. The summed E-state index contributed by atoms with van der Waals surface area (Å²) in [6.45, 7) is 7.73. The summed E-state index contributed by atoms with van der Waals surface area (Å²) in [6.07, 6.45) is 6.20. The van der Waals surface area contributed by atoms with Gasteiger partial charge in [-0.2, -0.15) is 0 Å². The van der Waals surface area contributed by atoms with Gasteiger partial charge in [0, 0.05) is 35.6 Å². The quantitative estimate of drug-likeness (QED) is 0.831. The van der Waals surface area contributed by atoms with Crippen LogP contribution in [0.2, 0.25) is 5.02 Å². The molecule has 0 aliphatic carbocycles. The van der Waals surface area contributed by atoms with Crippen LogP contribution in [-0.2, 0) is 11.3 Å². The summed E-state index contributed by atoms with van der Waals surface area (Å²) in [4.78, 5) is 18.9. The lowest BCUT2D eigenvalue weighted by Gasteiger charge is -2.32. The first-order valence-corrected chi connectivity index (χ1v) is 9.68. The predicted molar refractivity (Wildman–Crippen MR) is 106 cm³/mol. The van der Waals surface area contributed by atoms with Gasteiger partial charge in [0.2, 0.25) is 5.91 Å². The van der Waals surface area contributed by atoms with E-state index in [9.17, 15) is 4.79 Å². The van der Waals surface area contributed by atoms with Crippen LogP contribution >= 0.6 is 11.6 Å². The SMILES string of the molecule is CC(C)c1nccn1CC1CCN(CC(=O)Nc2cccc(Cl)c2)CC1. The summed E-state index contributed by atoms with van der Waals surface area (Å²) in [7, 11) is 0. The van der Waals surface area contributed by atoms with Crippen molar-refractivity contribution in [1.82, 2.24) is 14.5 Å². The molecule has 1 aliphatic heterocycles. The average molecular weight is 375 g/mol. The smallest absolute Gasteiger partial charge is 0.238 e. The number of carbonyl (C=O) groups is 1. The lowest BCUT2D eigenvalue weighted by atomic mass is 9.96.